The van der Waals surface area contributed by atoms with E-state index in [0.29, 0.717) is 0 Å². The van der Waals surface area contributed by atoms with Gasteiger partial charge in [0.15, 0.2) is 11.5 Å². The van der Waals surface area contributed by atoms with Crippen molar-refractivity contribution in [3.05, 3.63) is 54.1 Å². The van der Waals surface area contributed by atoms with Crippen LogP contribution in [-0.2, 0) is 0 Å². The molecule has 0 saturated heterocycles. The lowest BCUT2D eigenvalue weighted by molar-refractivity contribution is 0.378. The summed E-state index contributed by atoms with van der Waals surface area (Å²) in [6.07, 6.45) is 0. The predicted molar refractivity (Wildman–Crippen MR) is 64.2 cm³/mol. The molecule has 0 saturated carbocycles. The summed E-state index contributed by atoms with van der Waals surface area (Å²) in [4.78, 5) is 0. The fourth-order valence-electron chi connectivity index (χ4n) is 1.49. The third-order valence-corrected chi connectivity index (χ3v) is 2.38. The van der Waals surface area contributed by atoms with Gasteiger partial charge in [0.05, 0.1) is 7.11 Å². The second-order valence-corrected chi connectivity index (χ2v) is 3.52. The first-order chi connectivity index (χ1) is 7.81. The van der Waals surface area contributed by atoms with Crippen molar-refractivity contribution in [3.63, 3.8) is 0 Å². The minimum Gasteiger partial charge on any atom is -0.493 e. The van der Waals surface area contributed by atoms with Crippen LogP contribution in [0.1, 0.15) is 5.56 Å². The van der Waals surface area contributed by atoms with Crippen molar-refractivity contribution in [2.24, 2.45) is 0 Å². The molecule has 0 fully saturated rings. The largest absolute Gasteiger partial charge is 0.493 e. The van der Waals surface area contributed by atoms with Crippen molar-refractivity contribution >= 4 is 0 Å². The summed E-state index contributed by atoms with van der Waals surface area (Å²) < 4.78 is 11.0. The maximum Gasteiger partial charge on any atom is 0.169 e. The average Bonchev–Trinajstić information content (AvgIpc) is 2.33. The minimum atomic E-state index is 0.735. The molecule has 0 unspecified atom stereocenters. The molecule has 0 aliphatic carbocycles. The molecule has 0 radical (unpaired) electrons. The van der Waals surface area contributed by atoms with Crippen LogP contribution in [0.5, 0.6) is 17.2 Å². The fourth-order valence-corrected chi connectivity index (χ4v) is 1.49. The van der Waals surface area contributed by atoms with E-state index in [1.165, 1.54) is 0 Å². The zero-order valence-corrected chi connectivity index (χ0v) is 9.44. The zero-order chi connectivity index (χ0) is 11.4. The van der Waals surface area contributed by atoms with Crippen LogP contribution in [0.25, 0.3) is 0 Å². The predicted octanol–water partition coefficient (Wildman–Crippen LogP) is 3.80. The Morgan fingerprint density at radius 2 is 1.31 bits per heavy atom. The highest BCUT2D eigenvalue weighted by atomic mass is 16.5. The molecule has 2 heteroatoms. The number of hydrogen-bond acceptors (Lipinski definition) is 2. The van der Waals surface area contributed by atoms with E-state index in [1.54, 1.807) is 7.11 Å². The van der Waals surface area contributed by atoms with E-state index < -0.39 is 0 Å². The number of benzene rings is 2. The van der Waals surface area contributed by atoms with Crippen LogP contribution in [0.15, 0.2) is 48.5 Å². The standard InChI is InChI=1S/C14H14O2/c1-11-7-3-4-8-12(11)16-14-10-6-5-9-13(14)15-2/h3-10H,1-2H3. The number of methoxy groups -OCH3 is 1. The SMILES string of the molecule is COc1ccccc1Oc1ccccc1C. The normalized spacial score (nSPS) is 9.88. The number of para-hydroxylation sites is 3. The van der Waals surface area contributed by atoms with Crippen molar-refractivity contribution in [2.45, 2.75) is 6.92 Å². The minimum absolute atomic E-state index is 0.735. The van der Waals surface area contributed by atoms with Gasteiger partial charge in [0.1, 0.15) is 5.75 Å². The van der Waals surface area contributed by atoms with Gasteiger partial charge in [-0.15, -0.1) is 0 Å². The molecule has 0 aromatic heterocycles. The summed E-state index contributed by atoms with van der Waals surface area (Å²) in [6, 6.07) is 15.5. The first-order valence-corrected chi connectivity index (χ1v) is 5.18. The highest BCUT2D eigenvalue weighted by Crippen LogP contribution is 2.32. The lowest BCUT2D eigenvalue weighted by atomic mass is 10.2. The molecule has 2 aromatic carbocycles. The Kier molecular flexibility index (Phi) is 3.10. The van der Waals surface area contributed by atoms with E-state index in [9.17, 15) is 0 Å². The lowest BCUT2D eigenvalue weighted by Crippen LogP contribution is -1.91. The maximum absolute atomic E-state index is 5.81. The van der Waals surface area contributed by atoms with Crippen molar-refractivity contribution in [1.82, 2.24) is 0 Å². The molecule has 0 N–H and O–H groups in total. The molecule has 0 amide bonds. The Hall–Kier alpha value is -1.96. The number of ether oxygens (including phenoxy) is 2. The van der Waals surface area contributed by atoms with Gasteiger partial charge >= 0.3 is 0 Å². The van der Waals surface area contributed by atoms with E-state index in [4.69, 9.17) is 9.47 Å². The summed E-state index contributed by atoms with van der Waals surface area (Å²) in [7, 11) is 1.64. The third kappa shape index (κ3) is 2.16. The highest BCUT2D eigenvalue weighted by molar-refractivity contribution is 5.44. The van der Waals surface area contributed by atoms with Gasteiger partial charge in [-0.2, -0.15) is 0 Å². The van der Waals surface area contributed by atoms with Gasteiger partial charge in [-0.05, 0) is 30.7 Å². The van der Waals surface area contributed by atoms with E-state index in [-0.39, 0.29) is 0 Å². The number of hydrogen-bond donors (Lipinski definition) is 0. The first-order valence-electron chi connectivity index (χ1n) is 5.18. The van der Waals surface area contributed by atoms with Crippen LogP contribution in [0.3, 0.4) is 0 Å². The van der Waals surface area contributed by atoms with Crippen LogP contribution in [-0.4, -0.2) is 7.11 Å². The molecule has 0 aliphatic rings. The van der Waals surface area contributed by atoms with Gasteiger partial charge < -0.3 is 9.47 Å². The van der Waals surface area contributed by atoms with Gasteiger partial charge in [-0.25, -0.2) is 0 Å². The highest BCUT2D eigenvalue weighted by Gasteiger charge is 2.05. The molecule has 0 bridgehead atoms. The number of rotatable bonds is 3. The van der Waals surface area contributed by atoms with Crippen LogP contribution in [0, 0.1) is 6.92 Å². The Morgan fingerprint density at radius 3 is 1.94 bits per heavy atom. The molecule has 16 heavy (non-hydrogen) atoms. The van der Waals surface area contributed by atoms with Crippen LogP contribution in [0.2, 0.25) is 0 Å². The molecule has 0 spiro atoms. The van der Waals surface area contributed by atoms with Crippen LogP contribution >= 0.6 is 0 Å². The monoisotopic (exact) mass is 214 g/mol. The van der Waals surface area contributed by atoms with Gasteiger partial charge in [-0.1, -0.05) is 30.3 Å². The molecule has 0 atom stereocenters. The molecule has 82 valence electrons. The van der Waals surface area contributed by atoms with E-state index in [1.807, 2.05) is 55.5 Å². The van der Waals surface area contributed by atoms with Gasteiger partial charge in [0.2, 0.25) is 0 Å². The van der Waals surface area contributed by atoms with Crippen molar-refractivity contribution < 1.29 is 9.47 Å². The Balaban J connectivity index is 2.30. The quantitative estimate of drug-likeness (QED) is 0.773. The van der Waals surface area contributed by atoms with Gasteiger partial charge in [0, 0.05) is 0 Å². The summed E-state index contributed by atoms with van der Waals surface area (Å²) in [6.45, 7) is 2.02. The molecule has 0 heterocycles. The summed E-state index contributed by atoms with van der Waals surface area (Å²) >= 11 is 0. The fraction of sp³-hybridized carbons (Fsp3) is 0.143. The average molecular weight is 214 g/mol. The Morgan fingerprint density at radius 1 is 0.750 bits per heavy atom. The smallest absolute Gasteiger partial charge is 0.169 e. The summed E-state index contributed by atoms with van der Waals surface area (Å²) in [5, 5.41) is 0. The number of aryl methyl sites for hydroxylation is 1. The van der Waals surface area contributed by atoms with E-state index >= 15 is 0 Å². The Labute approximate surface area is 95.4 Å². The lowest BCUT2D eigenvalue weighted by Gasteiger charge is -2.11. The molecular formula is C14H14O2. The molecule has 2 rings (SSSR count). The molecular weight excluding hydrogens is 200 g/mol. The van der Waals surface area contributed by atoms with Crippen molar-refractivity contribution in [2.75, 3.05) is 7.11 Å². The van der Waals surface area contributed by atoms with Crippen molar-refractivity contribution in [3.8, 4) is 17.2 Å². The van der Waals surface area contributed by atoms with E-state index in [2.05, 4.69) is 0 Å². The van der Waals surface area contributed by atoms with Crippen LogP contribution in [0.4, 0.5) is 0 Å². The van der Waals surface area contributed by atoms with Crippen molar-refractivity contribution in [1.29, 1.82) is 0 Å². The maximum atomic E-state index is 5.81. The topological polar surface area (TPSA) is 18.5 Å². The molecule has 0 aliphatic heterocycles. The second kappa shape index (κ2) is 4.71. The van der Waals surface area contributed by atoms with E-state index in [0.717, 1.165) is 22.8 Å². The van der Waals surface area contributed by atoms with Crippen LogP contribution < -0.4 is 9.47 Å². The molecule has 2 nitrogen and oxygen atoms in total. The van der Waals surface area contributed by atoms with Gasteiger partial charge in [-0.3, -0.25) is 0 Å². The Bertz CT molecular complexity index is 478. The third-order valence-electron chi connectivity index (χ3n) is 2.38. The summed E-state index contributed by atoms with van der Waals surface area (Å²) in [5.41, 5.74) is 1.11. The summed E-state index contributed by atoms with van der Waals surface area (Å²) in [5.74, 6) is 2.33. The second-order valence-electron chi connectivity index (χ2n) is 3.52. The first kappa shape index (κ1) is 10.6. The van der Waals surface area contributed by atoms with Gasteiger partial charge in [0.25, 0.3) is 0 Å². The molecule has 2 aromatic rings. The zero-order valence-electron chi connectivity index (χ0n) is 9.44.